The first kappa shape index (κ1) is 18.6. The van der Waals surface area contributed by atoms with Crippen molar-refractivity contribution in [2.45, 2.75) is 19.0 Å². The second-order valence-corrected chi connectivity index (χ2v) is 6.76. The van der Waals surface area contributed by atoms with Crippen molar-refractivity contribution in [1.29, 1.82) is 0 Å². The number of tetrazole rings is 1. The smallest absolute Gasteiger partial charge is 0.269 e. The molecule has 0 spiro atoms. The molecular weight excluding hydrogens is 364 g/mol. The van der Waals surface area contributed by atoms with Crippen molar-refractivity contribution in [2.24, 2.45) is 0 Å². The van der Waals surface area contributed by atoms with Gasteiger partial charge in [0.25, 0.3) is 5.91 Å². The van der Waals surface area contributed by atoms with Gasteiger partial charge in [0.2, 0.25) is 11.1 Å². The van der Waals surface area contributed by atoms with Crippen molar-refractivity contribution >= 4 is 23.6 Å². The van der Waals surface area contributed by atoms with E-state index in [9.17, 15) is 9.59 Å². The third-order valence-corrected chi connectivity index (χ3v) is 4.62. The van der Waals surface area contributed by atoms with E-state index in [1.807, 2.05) is 38.1 Å². The van der Waals surface area contributed by atoms with Crippen molar-refractivity contribution in [2.75, 3.05) is 5.75 Å². The molecule has 138 valence electrons. The predicted molar refractivity (Wildman–Crippen MR) is 101 cm³/mol. The van der Waals surface area contributed by atoms with Crippen LogP contribution in [-0.2, 0) is 4.79 Å². The van der Waals surface area contributed by atoms with Gasteiger partial charge in [0.05, 0.1) is 11.4 Å². The summed E-state index contributed by atoms with van der Waals surface area (Å²) in [6, 6.07) is 14.6. The number of carbonyl (C=O) groups excluding carboxylic acids is 2. The second-order valence-electron chi connectivity index (χ2n) is 5.82. The molecule has 3 rings (SSSR count). The van der Waals surface area contributed by atoms with Crippen LogP contribution in [0.5, 0.6) is 0 Å². The van der Waals surface area contributed by atoms with Crippen LogP contribution < -0.4 is 10.9 Å². The van der Waals surface area contributed by atoms with Crippen molar-refractivity contribution in [3.05, 3.63) is 65.2 Å². The largest absolute Gasteiger partial charge is 0.272 e. The number of amides is 2. The summed E-state index contributed by atoms with van der Waals surface area (Å²) in [7, 11) is 0. The van der Waals surface area contributed by atoms with Crippen molar-refractivity contribution in [3.8, 4) is 5.69 Å². The lowest BCUT2D eigenvalue weighted by atomic mass is 10.1. The van der Waals surface area contributed by atoms with E-state index in [2.05, 4.69) is 26.4 Å². The summed E-state index contributed by atoms with van der Waals surface area (Å²) in [4.78, 5) is 23.9. The van der Waals surface area contributed by atoms with Gasteiger partial charge in [-0.15, -0.1) is 5.10 Å². The lowest BCUT2D eigenvalue weighted by Gasteiger charge is -2.09. The fraction of sp³-hybridized carbons (Fsp3) is 0.167. The number of benzene rings is 2. The van der Waals surface area contributed by atoms with Crippen molar-refractivity contribution in [1.82, 2.24) is 31.1 Å². The number of nitrogens with zero attached hydrogens (tertiary/aromatic N) is 4. The molecule has 0 aliphatic heterocycles. The summed E-state index contributed by atoms with van der Waals surface area (Å²) in [5, 5.41) is 12.2. The molecule has 0 fully saturated rings. The Morgan fingerprint density at radius 1 is 1.07 bits per heavy atom. The highest BCUT2D eigenvalue weighted by Gasteiger charge is 2.14. The van der Waals surface area contributed by atoms with E-state index in [1.165, 1.54) is 11.8 Å². The maximum Gasteiger partial charge on any atom is 0.269 e. The highest BCUT2D eigenvalue weighted by molar-refractivity contribution is 7.99. The number of hydrogen-bond acceptors (Lipinski definition) is 6. The molecule has 27 heavy (non-hydrogen) atoms. The predicted octanol–water partition coefficient (Wildman–Crippen LogP) is 1.83. The van der Waals surface area contributed by atoms with Crippen LogP contribution in [0.25, 0.3) is 5.69 Å². The number of hydrogen-bond donors (Lipinski definition) is 2. The maximum atomic E-state index is 12.0. The molecule has 2 aromatic carbocycles. The molecule has 1 aromatic heterocycles. The molecule has 2 amide bonds. The summed E-state index contributed by atoms with van der Waals surface area (Å²) in [5.41, 5.74) is 8.26. The zero-order valence-corrected chi connectivity index (χ0v) is 15.7. The van der Waals surface area contributed by atoms with Gasteiger partial charge in [-0.25, -0.2) is 0 Å². The third kappa shape index (κ3) is 4.70. The van der Waals surface area contributed by atoms with Crippen LogP contribution in [0, 0.1) is 13.8 Å². The Kier molecular flexibility index (Phi) is 5.82. The molecule has 0 bridgehead atoms. The minimum atomic E-state index is -0.380. The summed E-state index contributed by atoms with van der Waals surface area (Å²) in [6.45, 7) is 3.99. The highest BCUT2D eigenvalue weighted by Crippen LogP contribution is 2.21. The van der Waals surface area contributed by atoms with Gasteiger partial charge in [0.15, 0.2) is 0 Å². The molecule has 0 unspecified atom stereocenters. The fourth-order valence-corrected chi connectivity index (χ4v) is 3.10. The van der Waals surface area contributed by atoms with Gasteiger partial charge in [-0.3, -0.25) is 20.4 Å². The standard InChI is InChI=1S/C18H18N6O2S/c1-12-8-9-15(13(2)10-12)24-18(21-22-23-24)27-11-16(25)19-20-17(26)14-6-4-3-5-7-14/h3-10H,11H2,1-2H3,(H,19,25)(H,20,26). The first-order chi connectivity index (χ1) is 13.0. The van der Waals surface area contributed by atoms with Gasteiger partial charge in [-0.05, 0) is 48.0 Å². The average Bonchev–Trinajstić information content (AvgIpc) is 3.13. The first-order valence-corrected chi connectivity index (χ1v) is 9.16. The minimum absolute atomic E-state index is 0.0559. The zero-order chi connectivity index (χ0) is 19.2. The number of rotatable bonds is 5. The quantitative estimate of drug-likeness (QED) is 0.516. The van der Waals surface area contributed by atoms with Gasteiger partial charge < -0.3 is 0 Å². The topological polar surface area (TPSA) is 102 Å². The Morgan fingerprint density at radius 2 is 1.85 bits per heavy atom. The van der Waals surface area contributed by atoms with E-state index in [0.717, 1.165) is 16.8 Å². The monoisotopic (exact) mass is 382 g/mol. The SMILES string of the molecule is Cc1ccc(-n2nnnc2SCC(=O)NNC(=O)c2ccccc2)c(C)c1. The second kappa shape index (κ2) is 8.45. The third-order valence-electron chi connectivity index (χ3n) is 3.71. The Morgan fingerprint density at radius 3 is 2.59 bits per heavy atom. The molecule has 0 aliphatic carbocycles. The van der Waals surface area contributed by atoms with Crippen molar-refractivity contribution in [3.63, 3.8) is 0 Å². The van der Waals surface area contributed by atoms with E-state index in [4.69, 9.17) is 0 Å². The number of thioether (sulfide) groups is 1. The van der Waals surface area contributed by atoms with Gasteiger partial charge >= 0.3 is 0 Å². The molecule has 0 saturated carbocycles. The number of aromatic nitrogens is 4. The molecule has 0 saturated heterocycles. The molecule has 0 radical (unpaired) electrons. The Balaban J connectivity index is 1.57. The summed E-state index contributed by atoms with van der Waals surface area (Å²) < 4.78 is 1.59. The van der Waals surface area contributed by atoms with Crippen LogP contribution >= 0.6 is 11.8 Å². The van der Waals surface area contributed by atoms with Crippen LogP contribution in [0.2, 0.25) is 0 Å². The number of carbonyl (C=O) groups is 2. The van der Waals surface area contributed by atoms with E-state index in [0.29, 0.717) is 10.7 Å². The molecule has 1 heterocycles. The van der Waals surface area contributed by atoms with Crippen LogP contribution in [-0.4, -0.2) is 37.8 Å². The van der Waals surface area contributed by atoms with Crippen LogP contribution in [0.1, 0.15) is 21.5 Å². The van der Waals surface area contributed by atoms with Crippen LogP contribution in [0.3, 0.4) is 0 Å². The molecule has 3 aromatic rings. The van der Waals surface area contributed by atoms with E-state index in [1.54, 1.807) is 28.9 Å². The number of hydrazine groups is 1. The number of aryl methyl sites for hydroxylation is 2. The van der Waals surface area contributed by atoms with E-state index < -0.39 is 0 Å². The number of nitrogens with one attached hydrogen (secondary N) is 2. The summed E-state index contributed by atoms with van der Waals surface area (Å²) in [5.74, 6) is -0.686. The highest BCUT2D eigenvalue weighted by atomic mass is 32.2. The van der Waals surface area contributed by atoms with E-state index >= 15 is 0 Å². The van der Waals surface area contributed by atoms with Crippen LogP contribution in [0.15, 0.2) is 53.7 Å². The van der Waals surface area contributed by atoms with Gasteiger partial charge in [0.1, 0.15) is 0 Å². The normalized spacial score (nSPS) is 10.4. The average molecular weight is 382 g/mol. The molecule has 8 nitrogen and oxygen atoms in total. The first-order valence-electron chi connectivity index (χ1n) is 8.17. The maximum absolute atomic E-state index is 12.0. The Hall–Kier alpha value is -3.20. The summed E-state index contributed by atoms with van der Waals surface area (Å²) >= 11 is 1.18. The lowest BCUT2D eigenvalue weighted by molar-refractivity contribution is -0.119. The van der Waals surface area contributed by atoms with Gasteiger partial charge in [-0.2, -0.15) is 4.68 Å². The molecular formula is C18H18N6O2S. The molecule has 0 atom stereocenters. The molecule has 0 aliphatic rings. The van der Waals surface area contributed by atoms with Gasteiger partial charge in [0, 0.05) is 5.56 Å². The van der Waals surface area contributed by atoms with Crippen LogP contribution in [0.4, 0.5) is 0 Å². The minimum Gasteiger partial charge on any atom is -0.272 e. The van der Waals surface area contributed by atoms with Crippen molar-refractivity contribution < 1.29 is 9.59 Å². The zero-order valence-electron chi connectivity index (χ0n) is 14.8. The Labute approximate surface area is 160 Å². The summed E-state index contributed by atoms with van der Waals surface area (Å²) in [6.07, 6.45) is 0. The molecule has 2 N–H and O–H groups in total. The lowest BCUT2D eigenvalue weighted by Crippen LogP contribution is -2.42. The fourth-order valence-electron chi connectivity index (χ4n) is 2.42. The molecule has 9 heteroatoms. The van der Waals surface area contributed by atoms with Gasteiger partial charge in [-0.1, -0.05) is 47.7 Å². The van der Waals surface area contributed by atoms with E-state index in [-0.39, 0.29) is 17.6 Å². The Bertz CT molecular complexity index is 957.